The Balaban J connectivity index is 4.14. The molecule has 3 nitrogen and oxygen atoms in total. The molecule has 0 spiro atoms. The summed E-state index contributed by atoms with van der Waals surface area (Å²) in [5.41, 5.74) is 0. The van der Waals surface area contributed by atoms with Crippen LogP contribution in [0.2, 0.25) is 0 Å². The molecule has 3 atom stereocenters. The Bertz CT molecular complexity index is 218. The zero-order valence-electron chi connectivity index (χ0n) is 11.1. The average Bonchev–Trinajstić information content (AvgIpc) is 2.23. The van der Waals surface area contributed by atoms with Crippen molar-refractivity contribution in [1.29, 1.82) is 0 Å². The second-order valence-corrected chi connectivity index (χ2v) is 6.41. The van der Waals surface area contributed by atoms with E-state index in [-0.39, 0.29) is 6.10 Å². The highest BCUT2D eigenvalue weighted by atomic mass is 31.2. The van der Waals surface area contributed by atoms with Gasteiger partial charge in [0, 0.05) is 0 Å². The lowest BCUT2D eigenvalue weighted by atomic mass is 10.0. The number of hydrogen-bond acceptors (Lipinski definition) is 2. The van der Waals surface area contributed by atoms with Crippen LogP contribution in [0.5, 0.6) is 0 Å². The van der Waals surface area contributed by atoms with Crippen molar-refractivity contribution in [2.45, 2.75) is 65.9 Å². The first kappa shape index (κ1) is 16.1. The normalized spacial score (nSPS) is 19.1. The second-order valence-electron chi connectivity index (χ2n) is 4.56. The van der Waals surface area contributed by atoms with Crippen molar-refractivity contribution in [1.82, 2.24) is 0 Å². The Kier molecular flexibility index (Phi) is 8.35. The van der Waals surface area contributed by atoms with Gasteiger partial charge in [0.05, 0.1) is 12.3 Å². The van der Waals surface area contributed by atoms with Gasteiger partial charge in [-0.3, -0.25) is 4.57 Å². The lowest BCUT2D eigenvalue weighted by Gasteiger charge is -2.21. The van der Waals surface area contributed by atoms with Crippen LogP contribution in [0.4, 0.5) is 0 Å². The summed E-state index contributed by atoms with van der Waals surface area (Å²) < 4.78 is 17.1. The minimum absolute atomic E-state index is 0.125. The molecule has 16 heavy (non-hydrogen) atoms. The maximum atomic E-state index is 11.8. The Hall–Kier alpha value is 0.150. The van der Waals surface area contributed by atoms with Gasteiger partial charge in [-0.05, 0) is 25.7 Å². The molecular weight excluding hydrogens is 223 g/mol. The Labute approximate surface area is 100 Å². The van der Waals surface area contributed by atoms with E-state index in [0.29, 0.717) is 12.1 Å². The lowest BCUT2D eigenvalue weighted by molar-refractivity contribution is 0.182. The monoisotopic (exact) mass is 250 g/mol. The van der Waals surface area contributed by atoms with Crippen LogP contribution >= 0.6 is 7.60 Å². The summed E-state index contributed by atoms with van der Waals surface area (Å²) in [6.07, 6.45) is 5.21. The van der Waals surface area contributed by atoms with Crippen LogP contribution in [-0.4, -0.2) is 17.2 Å². The molecule has 3 unspecified atom stereocenters. The quantitative estimate of drug-likeness (QED) is 0.624. The SMILES string of the molecule is CCCCC(CC)CP(=O)(O)OC(C)CC. The second kappa shape index (κ2) is 8.27. The van der Waals surface area contributed by atoms with Crippen LogP contribution in [-0.2, 0) is 9.09 Å². The molecule has 0 aliphatic heterocycles. The molecule has 0 aromatic carbocycles. The molecule has 98 valence electrons. The third-order valence-electron chi connectivity index (χ3n) is 2.95. The van der Waals surface area contributed by atoms with E-state index in [1.807, 2.05) is 13.8 Å². The molecule has 0 amide bonds. The number of rotatable bonds is 9. The topological polar surface area (TPSA) is 46.5 Å². The van der Waals surface area contributed by atoms with Gasteiger partial charge in [0.15, 0.2) is 0 Å². The van der Waals surface area contributed by atoms with Gasteiger partial charge in [0.1, 0.15) is 0 Å². The summed E-state index contributed by atoms with van der Waals surface area (Å²) in [5, 5.41) is 0. The standard InChI is InChI=1S/C12H27O3P/c1-5-8-9-12(7-3)10-16(13,14)15-11(4)6-2/h11-12H,5-10H2,1-4H3,(H,13,14). The third kappa shape index (κ3) is 7.43. The molecule has 0 aromatic rings. The van der Waals surface area contributed by atoms with Crippen LogP contribution in [0, 0.1) is 5.92 Å². The number of hydrogen-bond donors (Lipinski definition) is 1. The fraction of sp³-hybridized carbons (Fsp3) is 1.00. The van der Waals surface area contributed by atoms with E-state index >= 15 is 0 Å². The van der Waals surface area contributed by atoms with Crippen molar-refractivity contribution in [3.63, 3.8) is 0 Å². The summed E-state index contributed by atoms with van der Waals surface area (Å²) in [5.74, 6) is 0.319. The molecule has 0 aliphatic rings. The smallest absolute Gasteiger partial charge is 0.324 e. The van der Waals surface area contributed by atoms with E-state index < -0.39 is 7.60 Å². The molecule has 0 fully saturated rings. The molecule has 0 aromatic heterocycles. The molecule has 0 bridgehead atoms. The highest BCUT2D eigenvalue weighted by Crippen LogP contribution is 2.46. The predicted molar refractivity (Wildman–Crippen MR) is 68.8 cm³/mol. The van der Waals surface area contributed by atoms with Crippen molar-refractivity contribution in [3.8, 4) is 0 Å². The van der Waals surface area contributed by atoms with Gasteiger partial charge in [-0.2, -0.15) is 0 Å². The average molecular weight is 250 g/mol. The van der Waals surface area contributed by atoms with Gasteiger partial charge in [-0.15, -0.1) is 0 Å². The fourth-order valence-electron chi connectivity index (χ4n) is 1.64. The summed E-state index contributed by atoms with van der Waals surface area (Å²) in [7, 11) is -3.38. The fourth-order valence-corrected chi connectivity index (χ4v) is 3.53. The highest BCUT2D eigenvalue weighted by Gasteiger charge is 2.25. The molecule has 0 rings (SSSR count). The van der Waals surface area contributed by atoms with Crippen LogP contribution in [0.3, 0.4) is 0 Å². The van der Waals surface area contributed by atoms with Crippen molar-refractivity contribution in [2.24, 2.45) is 5.92 Å². The van der Waals surface area contributed by atoms with Crippen molar-refractivity contribution in [2.75, 3.05) is 6.16 Å². The first-order valence-corrected chi connectivity index (χ1v) is 8.21. The van der Waals surface area contributed by atoms with Gasteiger partial charge < -0.3 is 9.42 Å². The van der Waals surface area contributed by atoms with E-state index in [4.69, 9.17) is 4.52 Å². The van der Waals surface area contributed by atoms with E-state index in [1.54, 1.807) is 0 Å². The van der Waals surface area contributed by atoms with Gasteiger partial charge in [0.25, 0.3) is 0 Å². The minimum Gasteiger partial charge on any atom is -0.324 e. The Morgan fingerprint density at radius 3 is 2.31 bits per heavy atom. The molecule has 0 saturated carbocycles. The van der Waals surface area contributed by atoms with Crippen molar-refractivity contribution >= 4 is 7.60 Å². The van der Waals surface area contributed by atoms with Gasteiger partial charge >= 0.3 is 7.60 Å². The maximum absolute atomic E-state index is 11.8. The summed E-state index contributed by atoms with van der Waals surface area (Å²) >= 11 is 0. The summed E-state index contributed by atoms with van der Waals surface area (Å²) in [4.78, 5) is 9.75. The zero-order chi connectivity index (χ0) is 12.6. The first-order valence-electron chi connectivity index (χ1n) is 6.45. The summed E-state index contributed by atoms with van der Waals surface area (Å²) in [6.45, 7) is 8.01. The first-order chi connectivity index (χ1) is 7.45. The van der Waals surface area contributed by atoms with Crippen LogP contribution in [0.25, 0.3) is 0 Å². The molecular formula is C12H27O3P. The number of unbranched alkanes of at least 4 members (excludes halogenated alkanes) is 1. The van der Waals surface area contributed by atoms with Gasteiger partial charge in [0.2, 0.25) is 0 Å². The highest BCUT2D eigenvalue weighted by molar-refractivity contribution is 7.52. The van der Waals surface area contributed by atoms with Crippen molar-refractivity contribution < 1.29 is 14.0 Å². The zero-order valence-corrected chi connectivity index (χ0v) is 12.0. The van der Waals surface area contributed by atoms with E-state index in [1.165, 1.54) is 0 Å². The van der Waals surface area contributed by atoms with E-state index in [2.05, 4.69) is 13.8 Å². The molecule has 0 heterocycles. The minimum atomic E-state index is -3.38. The molecule has 0 saturated heterocycles. The summed E-state index contributed by atoms with van der Waals surface area (Å²) in [6, 6.07) is 0. The van der Waals surface area contributed by atoms with Crippen molar-refractivity contribution in [3.05, 3.63) is 0 Å². The molecule has 4 heteroatoms. The van der Waals surface area contributed by atoms with E-state index in [9.17, 15) is 9.46 Å². The third-order valence-corrected chi connectivity index (χ3v) is 4.62. The van der Waals surface area contributed by atoms with Gasteiger partial charge in [-0.25, -0.2) is 0 Å². The Morgan fingerprint density at radius 2 is 1.88 bits per heavy atom. The lowest BCUT2D eigenvalue weighted by Crippen LogP contribution is -2.11. The Morgan fingerprint density at radius 1 is 1.25 bits per heavy atom. The molecule has 1 N–H and O–H groups in total. The molecule has 0 radical (unpaired) electrons. The van der Waals surface area contributed by atoms with Crippen LogP contribution in [0.1, 0.15) is 59.8 Å². The largest absolute Gasteiger partial charge is 0.328 e. The van der Waals surface area contributed by atoms with Crippen LogP contribution < -0.4 is 0 Å². The molecule has 0 aliphatic carbocycles. The van der Waals surface area contributed by atoms with E-state index in [0.717, 1.165) is 32.1 Å². The predicted octanol–water partition coefficient (Wildman–Crippen LogP) is 4.20. The maximum Gasteiger partial charge on any atom is 0.328 e. The van der Waals surface area contributed by atoms with Gasteiger partial charge in [-0.1, -0.05) is 40.0 Å². The van der Waals surface area contributed by atoms with Crippen LogP contribution in [0.15, 0.2) is 0 Å².